The summed E-state index contributed by atoms with van der Waals surface area (Å²) in [5.41, 5.74) is 10.7. The number of fused-ring (bicyclic) bond motifs is 1. The Bertz CT molecular complexity index is 1470. The Morgan fingerprint density at radius 2 is 1.79 bits per heavy atom. The van der Waals surface area contributed by atoms with Crippen molar-refractivity contribution in [3.8, 4) is 34.5 Å². The molecule has 0 aliphatic carbocycles. The maximum Gasteiger partial charge on any atom is 0.219 e. The molecule has 4 aromatic rings. The van der Waals surface area contributed by atoms with E-state index in [1.165, 1.54) is 4.70 Å². The quantitative estimate of drug-likeness (QED) is 0.233. The molecule has 1 amide bonds. The van der Waals surface area contributed by atoms with E-state index in [-0.39, 0.29) is 31.5 Å². The second kappa shape index (κ2) is 12.6. The van der Waals surface area contributed by atoms with Crippen molar-refractivity contribution < 1.29 is 24.5 Å². The predicted octanol–water partition coefficient (Wildman–Crippen LogP) is 5.17. The summed E-state index contributed by atoms with van der Waals surface area (Å²) in [6.45, 7) is 3.91. The van der Waals surface area contributed by atoms with Crippen molar-refractivity contribution in [3.63, 3.8) is 0 Å². The van der Waals surface area contributed by atoms with E-state index in [9.17, 15) is 9.90 Å². The van der Waals surface area contributed by atoms with Crippen LogP contribution in [0.3, 0.4) is 0 Å². The lowest BCUT2D eigenvalue weighted by atomic mass is 9.96. The largest absolute Gasteiger partial charge is 0.491 e. The molecule has 6 nitrogen and oxygen atoms in total. The minimum absolute atomic E-state index is 0.0452. The van der Waals surface area contributed by atoms with Gasteiger partial charge in [-0.2, -0.15) is 0 Å². The van der Waals surface area contributed by atoms with Gasteiger partial charge in [0, 0.05) is 22.1 Å². The van der Waals surface area contributed by atoms with Crippen LogP contribution in [0.2, 0.25) is 0 Å². The lowest BCUT2D eigenvalue weighted by Gasteiger charge is -2.13. The maximum atomic E-state index is 11.4. The summed E-state index contributed by atoms with van der Waals surface area (Å²) in [5, 5.41) is 21.8. The first kappa shape index (κ1) is 27.2. The number of aryl methyl sites for hydroxylation is 1. The van der Waals surface area contributed by atoms with Gasteiger partial charge in [-0.1, -0.05) is 30.2 Å². The van der Waals surface area contributed by atoms with Crippen LogP contribution in [-0.2, 0) is 11.4 Å². The van der Waals surface area contributed by atoms with Crippen LogP contribution in [0.4, 0.5) is 0 Å². The summed E-state index contributed by atoms with van der Waals surface area (Å²) in [4.78, 5) is 11.4. The molecule has 0 radical (unpaired) electrons. The van der Waals surface area contributed by atoms with Crippen LogP contribution in [0.1, 0.15) is 36.0 Å². The molecule has 0 aliphatic rings. The number of aliphatic hydroxyl groups is 2. The first-order chi connectivity index (χ1) is 18.4. The van der Waals surface area contributed by atoms with Gasteiger partial charge in [-0.05, 0) is 77.9 Å². The number of rotatable bonds is 11. The zero-order valence-corrected chi connectivity index (χ0v) is 22.3. The highest BCUT2D eigenvalue weighted by molar-refractivity contribution is 7.17. The first-order valence-corrected chi connectivity index (χ1v) is 13.2. The van der Waals surface area contributed by atoms with Crippen LogP contribution in [0.25, 0.3) is 21.2 Å². The average molecular weight is 530 g/mol. The second-order valence-corrected chi connectivity index (χ2v) is 9.99. The number of amides is 1. The van der Waals surface area contributed by atoms with Crippen LogP contribution in [0, 0.1) is 18.8 Å². The molecule has 0 aliphatic heterocycles. The molecule has 4 rings (SSSR count). The summed E-state index contributed by atoms with van der Waals surface area (Å²) in [6.07, 6.45) is -0.713. The van der Waals surface area contributed by atoms with Gasteiger partial charge < -0.3 is 25.4 Å². The molecule has 7 heteroatoms. The van der Waals surface area contributed by atoms with Crippen LogP contribution >= 0.6 is 11.3 Å². The van der Waals surface area contributed by atoms with E-state index in [1.54, 1.807) is 18.3 Å². The van der Waals surface area contributed by atoms with Gasteiger partial charge in [0.25, 0.3) is 0 Å². The SMILES string of the molecule is CC#C[C@@H](CC(N)=O)c1ccc(OCc2ccc3scc(-c4ccc(OCC(O)CO)cc4C)c3c2)cc1. The summed E-state index contributed by atoms with van der Waals surface area (Å²) in [7, 11) is 0. The normalized spacial score (nSPS) is 12.4. The molecule has 0 fully saturated rings. The number of aliphatic hydroxyl groups excluding tert-OH is 2. The van der Waals surface area contributed by atoms with Gasteiger partial charge in [0.15, 0.2) is 0 Å². The number of primary amides is 1. The van der Waals surface area contributed by atoms with Gasteiger partial charge in [0.1, 0.15) is 30.8 Å². The van der Waals surface area contributed by atoms with Gasteiger partial charge in [-0.3, -0.25) is 4.79 Å². The van der Waals surface area contributed by atoms with E-state index < -0.39 is 6.10 Å². The van der Waals surface area contributed by atoms with E-state index >= 15 is 0 Å². The highest BCUT2D eigenvalue weighted by atomic mass is 32.1. The molecule has 3 aromatic carbocycles. The van der Waals surface area contributed by atoms with Gasteiger partial charge >= 0.3 is 0 Å². The van der Waals surface area contributed by atoms with Crippen LogP contribution in [0.15, 0.2) is 66.0 Å². The number of thiophene rings is 1. The molecule has 1 unspecified atom stereocenters. The molecule has 2 atom stereocenters. The Labute approximate surface area is 226 Å². The summed E-state index contributed by atoms with van der Waals surface area (Å²) in [5.74, 6) is 6.70. The number of carbonyl (C=O) groups is 1. The molecule has 196 valence electrons. The van der Waals surface area contributed by atoms with Crippen LogP contribution in [0.5, 0.6) is 11.5 Å². The lowest BCUT2D eigenvalue weighted by molar-refractivity contribution is -0.118. The molecular formula is C31H31NO5S. The molecule has 0 spiro atoms. The minimum atomic E-state index is -0.900. The van der Waals surface area contributed by atoms with E-state index in [0.717, 1.165) is 39.0 Å². The Kier molecular flexibility index (Phi) is 9.03. The first-order valence-electron chi connectivity index (χ1n) is 12.3. The lowest BCUT2D eigenvalue weighted by Crippen LogP contribution is -2.21. The van der Waals surface area contributed by atoms with Gasteiger partial charge in [-0.25, -0.2) is 0 Å². The number of ether oxygens (including phenoxy) is 2. The number of carbonyl (C=O) groups excluding carboxylic acids is 1. The van der Waals surface area contributed by atoms with E-state index in [0.29, 0.717) is 12.4 Å². The molecule has 0 saturated heterocycles. The fourth-order valence-electron chi connectivity index (χ4n) is 4.24. The summed E-state index contributed by atoms with van der Waals surface area (Å²) < 4.78 is 12.8. The highest BCUT2D eigenvalue weighted by Gasteiger charge is 2.13. The molecule has 0 saturated carbocycles. The second-order valence-electron chi connectivity index (χ2n) is 9.08. The summed E-state index contributed by atoms with van der Waals surface area (Å²) >= 11 is 1.70. The third kappa shape index (κ3) is 6.73. The van der Waals surface area contributed by atoms with E-state index in [1.807, 2.05) is 49.4 Å². The average Bonchev–Trinajstić information content (AvgIpc) is 3.33. The zero-order chi connectivity index (χ0) is 27.1. The Balaban J connectivity index is 1.48. The maximum absolute atomic E-state index is 11.4. The molecule has 1 aromatic heterocycles. The summed E-state index contributed by atoms with van der Waals surface area (Å²) in [6, 6.07) is 19.8. The monoisotopic (exact) mass is 529 g/mol. The fraction of sp³-hybridized carbons (Fsp3) is 0.258. The Hall–Kier alpha value is -3.83. The molecule has 4 N–H and O–H groups in total. The van der Waals surface area contributed by atoms with Crippen LogP contribution < -0.4 is 15.2 Å². The number of benzene rings is 3. The topological polar surface area (TPSA) is 102 Å². The van der Waals surface area contributed by atoms with Crippen LogP contribution in [-0.4, -0.2) is 35.4 Å². The van der Waals surface area contributed by atoms with Crippen molar-refractivity contribution in [2.45, 2.75) is 38.9 Å². The third-order valence-corrected chi connectivity index (χ3v) is 7.15. The highest BCUT2D eigenvalue weighted by Crippen LogP contribution is 2.37. The fourth-order valence-corrected chi connectivity index (χ4v) is 5.18. The van der Waals surface area contributed by atoms with Gasteiger partial charge in [0.2, 0.25) is 5.91 Å². The number of hydrogen-bond donors (Lipinski definition) is 3. The number of nitrogens with two attached hydrogens (primary N) is 1. The van der Waals surface area contributed by atoms with Crippen molar-refractivity contribution in [2.75, 3.05) is 13.2 Å². The van der Waals surface area contributed by atoms with Crippen molar-refractivity contribution in [2.24, 2.45) is 5.73 Å². The molecule has 38 heavy (non-hydrogen) atoms. The van der Waals surface area contributed by atoms with Crippen molar-refractivity contribution in [1.29, 1.82) is 0 Å². The van der Waals surface area contributed by atoms with Crippen molar-refractivity contribution in [3.05, 3.63) is 82.7 Å². The van der Waals surface area contributed by atoms with E-state index in [2.05, 4.69) is 35.4 Å². The standard InChI is InChI=1S/C31H31NO5S/c1-3-4-23(15-31(32)35)22-6-8-25(9-7-22)36-17-21-5-12-30-28(14-21)29(19-38-30)27-11-10-26(13-20(27)2)37-18-24(34)16-33/h5-14,19,23-24,33-34H,15-18H2,1-2H3,(H2,32,35)/t23-,24?/m0/s1. The zero-order valence-electron chi connectivity index (χ0n) is 21.4. The van der Waals surface area contributed by atoms with Gasteiger partial charge in [0.05, 0.1) is 12.5 Å². The van der Waals surface area contributed by atoms with Crippen molar-refractivity contribution in [1.82, 2.24) is 0 Å². The van der Waals surface area contributed by atoms with Crippen molar-refractivity contribution >= 4 is 27.3 Å². The minimum Gasteiger partial charge on any atom is -0.491 e. The van der Waals surface area contributed by atoms with Gasteiger partial charge in [-0.15, -0.1) is 17.3 Å². The molecular weight excluding hydrogens is 498 g/mol. The Morgan fingerprint density at radius 3 is 2.47 bits per heavy atom. The molecule has 0 bridgehead atoms. The smallest absolute Gasteiger partial charge is 0.219 e. The predicted molar refractivity (Wildman–Crippen MR) is 151 cm³/mol. The third-order valence-electron chi connectivity index (χ3n) is 6.19. The van der Waals surface area contributed by atoms with E-state index in [4.69, 9.17) is 20.3 Å². The number of hydrogen-bond acceptors (Lipinski definition) is 6. The molecule has 1 heterocycles. The Morgan fingerprint density at radius 1 is 1.03 bits per heavy atom.